The quantitative estimate of drug-likeness (QED) is 0.678. The number of fused-ring (bicyclic) bond motifs is 1. The summed E-state index contributed by atoms with van der Waals surface area (Å²) in [5, 5.41) is 5.03. The molecule has 0 fully saturated rings. The maximum atomic E-state index is 3.56. The average molecular weight is 289 g/mol. The molecule has 0 atom stereocenters. The zero-order valence-electron chi connectivity index (χ0n) is 13.4. The Labute approximate surface area is 127 Å². The van der Waals surface area contributed by atoms with Crippen LogP contribution in [0.4, 0.5) is 0 Å². The second-order valence-corrected chi connectivity index (χ2v) is 7.32. The molecule has 1 aromatic carbocycles. The van der Waals surface area contributed by atoms with Crippen LogP contribution in [0.25, 0.3) is 10.1 Å². The van der Waals surface area contributed by atoms with E-state index in [1.54, 1.807) is 5.56 Å². The lowest BCUT2D eigenvalue weighted by molar-refractivity contribution is 0.675. The van der Waals surface area contributed by atoms with Crippen molar-refractivity contribution >= 4 is 21.4 Å². The highest BCUT2D eigenvalue weighted by molar-refractivity contribution is 7.19. The van der Waals surface area contributed by atoms with Crippen LogP contribution in [-0.2, 0) is 6.54 Å². The van der Waals surface area contributed by atoms with Gasteiger partial charge >= 0.3 is 0 Å². The van der Waals surface area contributed by atoms with Gasteiger partial charge in [-0.05, 0) is 53.4 Å². The van der Waals surface area contributed by atoms with Crippen molar-refractivity contribution < 1.29 is 0 Å². The van der Waals surface area contributed by atoms with Crippen molar-refractivity contribution in [3.63, 3.8) is 0 Å². The van der Waals surface area contributed by atoms with Gasteiger partial charge in [0.25, 0.3) is 0 Å². The van der Waals surface area contributed by atoms with Crippen LogP contribution in [0.1, 0.15) is 68.9 Å². The van der Waals surface area contributed by atoms with Crippen LogP contribution >= 0.6 is 11.3 Å². The summed E-state index contributed by atoms with van der Waals surface area (Å²) < 4.78 is 1.44. The van der Waals surface area contributed by atoms with Crippen LogP contribution in [0.5, 0.6) is 0 Å². The zero-order chi connectivity index (χ0) is 14.7. The Morgan fingerprint density at radius 3 is 2.45 bits per heavy atom. The number of rotatable bonds is 6. The Morgan fingerprint density at radius 2 is 1.85 bits per heavy atom. The summed E-state index contributed by atoms with van der Waals surface area (Å²) in [7, 11) is 0. The first-order valence-corrected chi connectivity index (χ1v) is 8.62. The fourth-order valence-electron chi connectivity index (χ4n) is 2.69. The molecule has 0 aliphatic carbocycles. The molecule has 1 aromatic heterocycles. The van der Waals surface area contributed by atoms with Crippen LogP contribution < -0.4 is 5.32 Å². The van der Waals surface area contributed by atoms with E-state index in [9.17, 15) is 0 Å². The van der Waals surface area contributed by atoms with Gasteiger partial charge in [0.05, 0.1) is 0 Å². The van der Waals surface area contributed by atoms with Crippen molar-refractivity contribution in [2.75, 3.05) is 6.54 Å². The minimum Gasteiger partial charge on any atom is -0.312 e. The monoisotopic (exact) mass is 289 g/mol. The van der Waals surface area contributed by atoms with E-state index in [1.165, 1.54) is 26.9 Å². The third-order valence-corrected chi connectivity index (χ3v) is 4.97. The Balaban J connectivity index is 2.44. The third kappa shape index (κ3) is 3.24. The highest BCUT2D eigenvalue weighted by Crippen LogP contribution is 2.37. The van der Waals surface area contributed by atoms with Crippen molar-refractivity contribution in [1.82, 2.24) is 5.32 Å². The minimum absolute atomic E-state index is 0.588. The number of nitrogens with one attached hydrogen (secondary N) is 1. The Hall–Kier alpha value is -0.860. The summed E-state index contributed by atoms with van der Waals surface area (Å²) in [5.41, 5.74) is 3.00. The first-order valence-electron chi connectivity index (χ1n) is 7.80. The summed E-state index contributed by atoms with van der Waals surface area (Å²) >= 11 is 1.96. The maximum Gasteiger partial charge on any atom is 0.0349 e. The molecule has 2 aromatic rings. The fraction of sp³-hybridized carbons (Fsp3) is 0.556. The van der Waals surface area contributed by atoms with E-state index < -0.39 is 0 Å². The standard InChI is InChI=1S/C18H27NS/c1-6-9-19-11-17-18(13(4)5)15-10-14(12(2)3)7-8-16(15)20-17/h7-8,10,12-13,19H,6,9,11H2,1-5H3. The molecule has 0 unspecified atom stereocenters. The van der Waals surface area contributed by atoms with Crippen LogP contribution in [-0.4, -0.2) is 6.54 Å². The summed E-state index contributed by atoms with van der Waals surface area (Å²) in [4.78, 5) is 1.52. The van der Waals surface area contributed by atoms with Gasteiger partial charge in [-0.15, -0.1) is 11.3 Å². The molecule has 20 heavy (non-hydrogen) atoms. The van der Waals surface area contributed by atoms with Crippen LogP contribution in [0, 0.1) is 0 Å². The molecular formula is C18H27NS. The van der Waals surface area contributed by atoms with Crippen molar-refractivity contribution in [2.45, 2.75) is 59.4 Å². The van der Waals surface area contributed by atoms with E-state index in [2.05, 4.69) is 58.1 Å². The Kier molecular flexibility index (Phi) is 5.22. The van der Waals surface area contributed by atoms with Gasteiger partial charge in [-0.25, -0.2) is 0 Å². The van der Waals surface area contributed by atoms with Crippen molar-refractivity contribution in [3.05, 3.63) is 34.2 Å². The summed E-state index contributed by atoms with van der Waals surface area (Å²) in [5.74, 6) is 1.19. The summed E-state index contributed by atoms with van der Waals surface area (Å²) in [6.07, 6.45) is 1.19. The number of thiophene rings is 1. The molecule has 0 saturated heterocycles. The molecule has 1 heterocycles. The van der Waals surface area contributed by atoms with Crippen LogP contribution in [0.3, 0.4) is 0 Å². The van der Waals surface area contributed by atoms with Gasteiger partial charge in [-0.3, -0.25) is 0 Å². The van der Waals surface area contributed by atoms with Gasteiger partial charge in [-0.2, -0.15) is 0 Å². The van der Waals surface area contributed by atoms with E-state index in [-0.39, 0.29) is 0 Å². The number of hydrogen-bond acceptors (Lipinski definition) is 2. The van der Waals surface area contributed by atoms with Crippen LogP contribution in [0.2, 0.25) is 0 Å². The van der Waals surface area contributed by atoms with Crippen LogP contribution in [0.15, 0.2) is 18.2 Å². The first-order chi connectivity index (χ1) is 9.54. The highest BCUT2D eigenvalue weighted by atomic mass is 32.1. The Morgan fingerprint density at radius 1 is 1.10 bits per heavy atom. The predicted octanol–water partition coefficient (Wildman–Crippen LogP) is 5.65. The molecule has 0 amide bonds. The van der Waals surface area contributed by atoms with E-state index >= 15 is 0 Å². The molecule has 0 saturated carbocycles. The first kappa shape index (κ1) is 15.5. The molecule has 0 aliphatic rings. The Bertz CT molecular complexity index is 566. The normalized spacial score (nSPS) is 11.9. The third-order valence-electron chi connectivity index (χ3n) is 3.78. The topological polar surface area (TPSA) is 12.0 Å². The number of benzene rings is 1. The maximum absolute atomic E-state index is 3.56. The lowest BCUT2D eigenvalue weighted by Crippen LogP contribution is -2.14. The zero-order valence-corrected chi connectivity index (χ0v) is 14.2. The van der Waals surface area contributed by atoms with Crippen molar-refractivity contribution in [1.29, 1.82) is 0 Å². The number of hydrogen-bond donors (Lipinski definition) is 1. The SMILES string of the molecule is CCCNCc1sc2ccc(C(C)C)cc2c1C(C)C. The second-order valence-electron chi connectivity index (χ2n) is 6.18. The van der Waals surface area contributed by atoms with E-state index in [1.807, 2.05) is 11.3 Å². The largest absolute Gasteiger partial charge is 0.312 e. The van der Waals surface area contributed by atoms with Gasteiger partial charge in [0.1, 0.15) is 0 Å². The predicted molar refractivity (Wildman–Crippen MR) is 92.0 cm³/mol. The van der Waals surface area contributed by atoms with E-state index in [4.69, 9.17) is 0 Å². The lowest BCUT2D eigenvalue weighted by atomic mass is 9.95. The average Bonchev–Trinajstić information content (AvgIpc) is 2.76. The molecule has 110 valence electrons. The van der Waals surface area contributed by atoms with E-state index in [0.717, 1.165) is 13.1 Å². The van der Waals surface area contributed by atoms with Gasteiger partial charge in [0, 0.05) is 16.1 Å². The molecule has 2 heteroatoms. The molecule has 0 bridgehead atoms. The van der Waals surface area contributed by atoms with Gasteiger partial charge < -0.3 is 5.32 Å². The molecule has 0 radical (unpaired) electrons. The second kappa shape index (κ2) is 6.73. The lowest BCUT2D eigenvalue weighted by Gasteiger charge is -2.10. The van der Waals surface area contributed by atoms with Gasteiger partial charge in [-0.1, -0.05) is 40.7 Å². The molecule has 0 spiro atoms. The minimum atomic E-state index is 0.588. The fourth-order valence-corrected chi connectivity index (χ4v) is 4.00. The van der Waals surface area contributed by atoms with Crippen molar-refractivity contribution in [3.8, 4) is 0 Å². The molecular weight excluding hydrogens is 262 g/mol. The van der Waals surface area contributed by atoms with Crippen molar-refractivity contribution in [2.24, 2.45) is 0 Å². The highest BCUT2D eigenvalue weighted by Gasteiger charge is 2.15. The smallest absolute Gasteiger partial charge is 0.0349 e. The molecule has 1 N–H and O–H groups in total. The van der Waals surface area contributed by atoms with Gasteiger partial charge in [0.2, 0.25) is 0 Å². The van der Waals surface area contributed by atoms with E-state index in [0.29, 0.717) is 11.8 Å². The molecule has 1 nitrogen and oxygen atoms in total. The summed E-state index contributed by atoms with van der Waals surface area (Å²) in [6.45, 7) is 13.5. The summed E-state index contributed by atoms with van der Waals surface area (Å²) in [6, 6.07) is 7.01. The van der Waals surface area contributed by atoms with Gasteiger partial charge in [0.15, 0.2) is 0 Å². The molecule has 0 aliphatic heterocycles. The molecule has 2 rings (SSSR count).